The van der Waals surface area contributed by atoms with Gasteiger partial charge in [-0.25, -0.2) is 0 Å². The smallest absolute Gasteiger partial charge is 0.295 e. The van der Waals surface area contributed by atoms with Crippen LogP contribution in [-0.2, 0) is 16.2 Å². The number of Topliss-reactive ketones (excluding diaryl/α,β-unsaturated/α-hetero) is 1. The molecular weight excluding hydrogens is 442 g/mol. The minimum absolute atomic E-state index is 0.0686. The molecule has 1 aromatic heterocycles. The molecule has 4 rings (SSSR count). The number of carbonyl (C=O) groups is 2. The van der Waals surface area contributed by atoms with E-state index < -0.39 is 17.7 Å². The van der Waals surface area contributed by atoms with Crippen LogP contribution in [0.2, 0.25) is 0 Å². The van der Waals surface area contributed by atoms with Gasteiger partial charge in [0.15, 0.2) is 0 Å². The van der Waals surface area contributed by atoms with E-state index in [0.717, 1.165) is 11.1 Å². The van der Waals surface area contributed by atoms with Gasteiger partial charge in [0, 0.05) is 31.0 Å². The van der Waals surface area contributed by atoms with Crippen molar-refractivity contribution in [2.24, 2.45) is 0 Å². The van der Waals surface area contributed by atoms with Crippen LogP contribution in [0.4, 0.5) is 0 Å². The normalized spacial score (nSPS) is 17.3. The SMILES string of the molecule is Cc1cc(C(O)=C2C(=O)C(=O)N(CCN(C)C)[C@@H]2c2cccnc2)ccc1OCc1ccccc1. The summed E-state index contributed by atoms with van der Waals surface area (Å²) in [7, 11) is 3.81. The summed E-state index contributed by atoms with van der Waals surface area (Å²) in [5, 5.41) is 11.3. The topological polar surface area (TPSA) is 83.0 Å². The van der Waals surface area contributed by atoms with Gasteiger partial charge in [-0.05, 0) is 62.0 Å². The van der Waals surface area contributed by atoms with E-state index >= 15 is 0 Å². The Bertz CT molecular complexity index is 1240. The van der Waals surface area contributed by atoms with Crippen molar-refractivity contribution in [1.29, 1.82) is 0 Å². The van der Waals surface area contributed by atoms with E-state index in [-0.39, 0.29) is 11.3 Å². The fourth-order valence-corrected chi connectivity index (χ4v) is 4.15. The van der Waals surface area contributed by atoms with E-state index in [2.05, 4.69) is 4.98 Å². The minimum atomic E-state index is -0.710. The van der Waals surface area contributed by atoms with E-state index in [9.17, 15) is 14.7 Å². The van der Waals surface area contributed by atoms with Gasteiger partial charge < -0.3 is 19.6 Å². The van der Waals surface area contributed by atoms with Crippen molar-refractivity contribution in [3.63, 3.8) is 0 Å². The molecule has 1 atom stereocenters. The first-order valence-corrected chi connectivity index (χ1v) is 11.5. The highest BCUT2D eigenvalue weighted by molar-refractivity contribution is 6.46. The zero-order valence-corrected chi connectivity index (χ0v) is 20.1. The lowest BCUT2D eigenvalue weighted by atomic mass is 9.95. The first kappa shape index (κ1) is 24.2. The van der Waals surface area contributed by atoms with Crippen molar-refractivity contribution in [2.45, 2.75) is 19.6 Å². The Morgan fingerprint density at radius 3 is 2.51 bits per heavy atom. The summed E-state index contributed by atoms with van der Waals surface area (Å²) in [5.74, 6) is -0.845. The molecule has 1 fully saturated rings. The number of aromatic nitrogens is 1. The summed E-state index contributed by atoms with van der Waals surface area (Å²) in [5.41, 5.74) is 3.05. The van der Waals surface area contributed by atoms with Crippen LogP contribution < -0.4 is 4.74 Å². The molecule has 0 spiro atoms. The number of benzene rings is 2. The fraction of sp³-hybridized carbons (Fsp3) is 0.250. The number of likely N-dealkylation sites (N-methyl/N-ethyl adjacent to an activating group) is 1. The van der Waals surface area contributed by atoms with Crippen molar-refractivity contribution in [3.05, 3.63) is 101 Å². The van der Waals surface area contributed by atoms with Crippen LogP contribution >= 0.6 is 0 Å². The molecule has 35 heavy (non-hydrogen) atoms. The molecule has 180 valence electrons. The van der Waals surface area contributed by atoms with Gasteiger partial charge in [0.2, 0.25) is 0 Å². The second-order valence-electron chi connectivity index (χ2n) is 8.84. The number of aryl methyl sites for hydroxylation is 1. The first-order chi connectivity index (χ1) is 16.9. The number of rotatable bonds is 8. The standard InChI is InChI=1S/C28H29N3O4/c1-19-16-21(11-12-23(19)35-18-20-8-5-4-6-9-20)26(32)24-25(22-10-7-13-29-17-22)31(15-14-30(2)3)28(34)27(24)33/h4-13,16-17,25,32H,14-15,18H2,1-3H3/t25-/m1/s1. The van der Waals surface area contributed by atoms with Crippen molar-refractivity contribution in [3.8, 4) is 5.75 Å². The molecule has 1 N–H and O–H groups in total. The maximum Gasteiger partial charge on any atom is 0.295 e. The third-order valence-corrected chi connectivity index (χ3v) is 6.01. The van der Waals surface area contributed by atoms with E-state index in [1.165, 1.54) is 4.90 Å². The summed E-state index contributed by atoms with van der Waals surface area (Å²) in [6.07, 6.45) is 3.26. The third-order valence-electron chi connectivity index (χ3n) is 6.01. The molecule has 1 aliphatic heterocycles. The Morgan fingerprint density at radius 2 is 1.86 bits per heavy atom. The lowest BCUT2D eigenvalue weighted by Gasteiger charge is -2.26. The van der Waals surface area contributed by atoms with E-state index in [4.69, 9.17) is 4.74 Å². The van der Waals surface area contributed by atoms with E-state index in [0.29, 0.717) is 36.6 Å². The molecule has 3 aromatic rings. The molecule has 1 amide bonds. The molecule has 2 heterocycles. The average molecular weight is 472 g/mol. The third kappa shape index (κ3) is 5.25. The van der Waals surface area contributed by atoms with Crippen LogP contribution in [0.5, 0.6) is 5.75 Å². The maximum absolute atomic E-state index is 13.1. The van der Waals surface area contributed by atoms with Gasteiger partial charge in [0.05, 0.1) is 11.6 Å². The van der Waals surface area contributed by atoms with Crippen LogP contribution in [0.3, 0.4) is 0 Å². The number of carbonyl (C=O) groups excluding carboxylic acids is 2. The molecular formula is C28H29N3O4. The van der Waals surface area contributed by atoms with Gasteiger partial charge in [0.1, 0.15) is 18.1 Å². The number of hydrogen-bond acceptors (Lipinski definition) is 6. The van der Waals surface area contributed by atoms with Crippen LogP contribution in [0.25, 0.3) is 5.76 Å². The van der Waals surface area contributed by atoms with Crippen molar-refractivity contribution in [1.82, 2.24) is 14.8 Å². The zero-order chi connectivity index (χ0) is 24.9. The van der Waals surface area contributed by atoms with Crippen LogP contribution in [0.15, 0.2) is 78.6 Å². The number of amides is 1. The van der Waals surface area contributed by atoms with Gasteiger partial charge in [0.25, 0.3) is 11.7 Å². The van der Waals surface area contributed by atoms with Gasteiger partial charge in [-0.2, -0.15) is 0 Å². The Balaban J connectivity index is 1.68. The van der Waals surface area contributed by atoms with Gasteiger partial charge in [-0.15, -0.1) is 0 Å². The molecule has 0 aliphatic carbocycles. The van der Waals surface area contributed by atoms with Crippen LogP contribution in [-0.4, -0.2) is 58.8 Å². The Morgan fingerprint density at radius 1 is 1.09 bits per heavy atom. The zero-order valence-electron chi connectivity index (χ0n) is 20.1. The molecule has 0 radical (unpaired) electrons. The number of likely N-dealkylation sites (tertiary alicyclic amines) is 1. The summed E-state index contributed by atoms with van der Waals surface area (Å²) < 4.78 is 5.94. The van der Waals surface area contributed by atoms with E-state index in [1.807, 2.05) is 62.3 Å². The monoisotopic (exact) mass is 471 g/mol. The largest absolute Gasteiger partial charge is 0.507 e. The van der Waals surface area contributed by atoms with E-state index in [1.54, 1.807) is 36.7 Å². The summed E-state index contributed by atoms with van der Waals surface area (Å²) in [4.78, 5) is 33.7. The molecule has 2 aromatic carbocycles. The molecule has 0 bridgehead atoms. The van der Waals surface area contributed by atoms with Gasteiger partial charge in [-0.1, -0.05) is 36.4 Å². The lowest BCUT2D eigenvalue weighted by molar-refractivity contribution is -0.140. The van der Waals surface area contributed by atoms with Crippen LogP contribution in [0.1, 0.15) is 28.3 Å². The van der Waals surface area contributed by atoms with Gasteiger partial charge >= 0.3 is 0 Å². The Labute approximate surface area is 205 Å². The highest BCUT2D eigenvalue weighted by Crippen LogP contribution is 2.39. The second kappa shape index (κ2) is 10.5. The summed E-state index contributed by atoms with van der Waals surface area (Å²) in [6, 6.07) is 17.9. The molecule has 1 aliphatic rings. The van der Waals surface area contributed by atoms with Crippen LogP contribution in [0, 0.1) is 6.92 Å². The van der Waals surface area contributed by atoms with Crippen molar-refractivity contribution >= 4 is 17.4 Å². The number of pyridine rings is 1. The highest BCUT2D eigenvalue weighted by atomic mass is 16.5. The number of ether oxygens (including phenoxy) is 1. The molecule has 1 saturated heterocycles. The maximum atomic E-state index is 13.1. The Hall–Kier alpha value is -3.97. The number of aliphatic hydroxyl groups excluding tert-OH is 1. The molecule has 7 heteroatoms. The number of nitrogens with zero attached hydrogens (tertiary/aromatic N) is 3. The first-order valence-electron chi connectivity index (χ1n) is 11.5. The summed E-state index contributed by atoms with van der Waals surface area (Å²) in [6.45, 7) is 3.23. The quantitative estimate of drug-likeness (QED) is 0.304. The Kier molecular flexibility index (Phi) is 7.27. The van der Waals surface area contributed by atoms with Crippen molar-refractivity contribution in [2.75, 3.05) is 27.2 Å². The highest BCUT2D eigenvalue weighted by Gasteiger charge is 2.46. The average Bonchev–Trinajstić information content (AvgIpc) is 3.12. The number of aliphatic hydroxyl groups is 1. The number of ketones is 1. The predicted molar refractivity (Wildman–Crippen MR) is 134 cm³/mol. The molecule has 0 unspecified atom stereocenters. The van der Waals surface area contributed by atoms with Crippen molar-refractivity contribution < 1.29 is 19.4 Å². The summed E-state index contributed by atoms with van der Waals surface area (Å²) >= 11 is 0. The predicted octanol–water partition coefficient (Wildman–Crippen LogP) is 3.95. The lowest BCUT2D eigenvalue weighted by Crippen LogP contribution is -2.35. The van der Waals surface area contributed by atoms with Gasteiger partial charge in [-0.3, -0.25) is 14.6 Å². The fourth-order valence-electron chi connectivity index (χ4n) is 4.15. The minimum Gasteiger partial charge on any atom is -0.507 e. The number of hydrogen-bond donors (Lipinski definition) is 1. The molecule has 7 nitrogen and oxygen atoms in total. The second-order valence-corrected chi connectivity index (χ2v) is 8.84. The molecule has 0 saturated carbocycles.